The summed E-state index contributed by atoms with van der Waals surface area (Å²) in [6.07, 6.45) is 4.94. The Hall–Kier alpha value is -2.81. The van der Waals surface area contributed by atoms with E-state index in [9.17, 15) is 4.79 Å². The van der Waals surface area contributed by atoms with Crippen LogP contribution in [0.2, 0.25) is 0 Å². The SMILES string of the molecule is O=C(c1ccc(C2(c3ccccc3)CC2)cc1)N1CCc2ccoc2C1. The molecular formula is C23H21NO2. The number of fused-ring (bicyclic) bond motifs is 1. The first-order valence-corrected chi connectivity index (χ1v) is 9.27. The fourth-order valence-corrected chi connectivity index (χ4v) is 4.15. The van der Waals surface area contributed by atoms with Crippen LogP contribution in [0.25, 0.3) is 0 Å². The lowest BCUT2D eigenvalue weighted by atomic mass is 9.87. The lowest BCUT2D eigenvalue weighted by molar-refractivity contribution is 0.0720. The summed E-state index contributed by atoms with van der Waals surface area (Å²) in [7, 11) is 0. The highest BCUT2D eigenvalue weighted by atomic mass is 16.3. The first-order valence-electron chi connectivity index (χ1n) is 9.27. The van der Waals surface area contributed by atoms with E-state index in [1.54, 1.807) is 6.26 Å². The molecule has 3 heteroatoms. The van der Waals surface area contributed by atoms with Crippen LogP contribution in [-0.4, -0.2) is 17.4 Å². The zero-order valence-electron chi connectivity index (χ0n) is 14.7. The monoisotopic (exact) mass is 343 g/mol. The van der Waals surface area contributed by atoms with Gasteiger partial charge in [0.25, 0.3) is 5.91 Å². The number of hydrogen-bond donors (Lipinski definition) is 0. The lowest BCUT2D eigenvalue weighted by Gasteiger charge is -2.26. The number of carbonyl (C=O) groups excluding carboxylic acids is 1. The summed E-state index contributed by atoms with van der Waals surface area (Å²) in [5.41, 5.74) is 4.82. The van der Waals surface area contributed by atoms with Gasteiger partial charge in [0, 0.05) is 17.5 Å². The van der Waals surface area contributed by atoms with Crippen molar-refractivity contribution in [3.63, 3.8) is 0 Å². The van der Waals surface area contributed by atoms with Crippen LogP contribution < -0.4 is 0 Å². The molecule has 26 heavy (non-hydrogen) atoms. The number of rotatable bonds is 3. The van der Waals surface area contributed by atoms with Gasteiger partial charge in [-0.05, 0) is 54.2 Å². The molecule has 1 aromatic heterocycles. The third kappa shape index (κ3) is 2.47. The summed E-state index contributed by atoms with van der Waals surface area (Å²) in [6, 6.07) is 20.9. The minimum Gasteiger partial charge on any atom is -0.467 e. The molecule has 0 saturated heterocycles. The minimum atomic E-state index is 0.0863. The average molecular weight is 343 g/mol. The van der Waals surface area contributed by atoms with Crippen LogP contribution in [0.1, 0.15) is 45.7 Å². The normalized spacial score (nSPS) is 17.6. The zero-order valence-corrected chi connectivity index (χ0v) is 14.7. The van der Waals surface area contributed by atoms with Gasteiger partial charge < -0.3 is 9.32 Å². The van der Waals surface area contributed by atoms with E-state index in [1.165, 1.54) is 29.5 Å². The van der Waals surface area contributed by atoms with Crippen molar-refractivity contribution in [3.8, 4) is 0 Å². The quantitative estimate of drug-likeness (QED) is 0.698. The van der Waals surface area contributed by atoms with Crippen LogP contribution in [-0.2, 0) is 18.4 Å². The van der Waals surface area contributed by atoms with Crippen molar-refractivity contribution in [1.82, 2.24) is 4.90 Å². The highest BCUT2D eigenvalue weighted by Crippen LogP contribution is 2.53. The Bertz CT molecular complexity index is 936. The Kier molecular flexibility index (Phi) is 3.49. The maximum atomic E-state index is 12.9. The third-order valence-electron chi connectivity index (χ3n) is 5.87. The smallest absolute Gasteiger partial charge is 0.254 e. The molecule has 2 aromatic carbocycles. The summed E-state index contributed by atoms with van der Waals surface area (Å²) < 4.78 is 5.50. The Labute approximate surface area is 153 Å². The molecule has 0 atom stereocenters. The van der Waals surface area contributed by atoms with Gasteiger partial charge in [-0.25, -0.2) is 0 Å². The minimum absolute atomic E-state index is 0.0863. The second-order valence-electron chi connectivity index (χ2n) is 7.37. The molecule has 1 aliphatic heterocycles. The molecule has 2 heterocycles. The van der Waals surface area contributed by atoms with Crippen molar-refractivity contribution < 1.29 is 9.21 Å². The topological polar surface area (TPSA) is 33.5 Å². The molecule has 0 bridgehead atoms. The summed E-state index contributed by atoms with van der Waals surface area (Å²) in [4.78, 5) is 14.7. The van der Waals surface area contributed by atoms with E-state index in [2.05, 4.69) is 42.5 Å². The molecule has 0 N–H and O–H groups in total. The van der Waals surface area contributed by atoms with E-state index in [0.29, 0.717) is 6.54 Å². The molecular weight excluding hydrogens is 322 g/mol. The Morgan fingerprint density at radius 1 is 0.923 bits per heavy atom. The molecule has 1 aliphatic carbocycles. The molecule has 0 spiro atoms. The van der Waals surface area contributed by atoms with Gasteiger partial charge in [-0.3, -0.25) is 4.79 Å². The van der Waals surface area contributed by atoms with E-state index < -0.39 is 0 Å². The second kappa shape index (κ2) is 5.87. The van der Waals surface area contributed by atoms with Crippen molar-refractivity contribution in [3.05, 3.63) is 94.9 Å². The predicted octanol–water partition coefficient (Wildman–Crippen LogP) is 4.56. The fraction of sp³-hybridized carbons (Fsp3) is 0.261. The second-order valence-corrected chi connectivity index (χ2v) is 7.37. The number of hydrogen-bond acceptors (Lipinski definition) is 2. The molecule has 1 fully saturated rings. The van der Waals surface area contributed by atoms with Crippen LogP contribution in [0.3, 0.4) is 0 Å². The molecule has 130 valence electrons. The van der Waals surface area contributed by atoms with Gasteiger partial charge in [-0.15, -0.1) is 0 Å². The van der Waals surface area contributed by atoms with Crippen LogP contribution in [0.4, 0.5) is 0 Å². The standard InChI is InChI=1S/C23H21NO2/c25-22(24-14-10-17-11-15-26-21(17)16-24)18-6-8-20(9-7-18)23(12-13-23)19-4-2-1-3-5-19/h1-9,11,15H,10,12-14,16H2. The highest BCUT2D eigenvalue weighted by Gasteiger charge is 2.45. The van der Waals surface area contributed by atoms with Gasteiger partial charge in [-0.2, -0.15) is 0 Å². The van der Waals surface area contributed by atoms with Crippen molar-refractivity contribution >= 4 is 5.91 Å². The van der Waals surface area contributed by atoms with Gasteiger partial charge in [0.15, 0.2) is 0 Å². The Morgan fingerprint density at radius 2 is 1.65 bits per heavy atom. The molecule has 0 radical (unpaired) electrons. The fourth-order valence-electron chi connectivity index (χ4n) is 4.15. The number of nitrogens with zero attached hydrogens (tertiary/aromatic N) is 1. The molecule has 0 unspecified atom stereocenters. The zero-order chi connectivity index (χ0) is 17.6. The van der Waals surface area contributed by atoms with Crippen molar-refractivity contribution in [1.29, 1.82) is 0 Å². The van der Waals surface area contributed by atoms with Gasteiger partial charge in [0.1, 0.15) is 5.76 Å². The van der Waals surface area contributed by atoms with E-state index in [4.69, 9.17) is 4.42 Å². The largest absolute Gasteiger partial charge is 0.467 e. The molecule has 1 amide bonds. The summed E-state index contributed by atoms with van der Waals surface area (Å²) in [5.74, 6) is 1.00. The summed E-state index contributed by atoms with van der Waals surface area (Å²) >= 11 is 0. The van der Waals surface area contributed by atoms with Crippen molar-refractivity contribution in [2.45, 2.75) is 31.2 Å². The third-order valence-corrected chi connectivity index (χ3v) is 5.87. The van der Waals surface area contributed by atoms with Crippen LogP contribution in [0.5, 0.6) is 0 Å². The first kappa shape index (κ1) is 15.4. The van der Waals surface area contributed by atoms with Gasteiger partial charge in [-0.1, -0.05) is 42.5 Å². The van der Waals surface area contributed by atoms with E-state index in [0.717, 1.165) is 24.3 Å². The van der Waals surface area contributed by atoms with Gasteiger partial charge in [0.05, 0.1) is 12.8 Å². The summed E-state index contributed by atoms with van der Waals surface area (Å²) in [5, 5.41) is 0. The Morgan fingerprint density at radius 3 is 2.38 bits per heavy atom. The number of carbonyl (C=O) groups is 1. The summed E-state index contributed by atoms with van der Waals surface area (Å²) in [6.45, 7) is 1.32. The number of furan rings is 1. The lowest BCUT2D eigenvalue weighted by Crippen LogP contribution is -2.35. The molecule has 3 aromatic rings. The molecule has 2 aliphatic rings. The molecule has 1 saturated carbocycles. The highest BCUT2D eigenvalue weighted by molar-refractivity contribution is 5.94. The van der Waals surface area contributed by atoms with Crippen LogP contribution in [0, 0.1) is 0 Å². The molecule has 5 rings (SSSR count). The van der Waals surface area contributed by atoms with E-state index in [1.807, 2.05) is 23.1 Å². The van der Waals surface area contributed by atoms with Gasteiger partial charge in [0.2, 0.25) is 0 Å². The maximum Gasteiger partial charge on any atom is 0.254 e. The first-order chi connectivity index (χ1) is 12.8. The van der Waals surface area contributed by atoms with Crippen molar-refractivity contribution in [2.24, 2.45) is 0 Å². The predicted molar refractivity (Wildman–Crippen MR) is 100 cm³/mol. The molecule has 3 nitrogen and oxygen atoms in total. The average Bonchev–Trinajstić information content (AvgIpc) is 3.39. The number of amides is 1. The van der Waals surface area contributed by atoms with Crippen LogP contribution in [0.15, 0.2) is 71.3 Å². The Balaban J connectivity index is 1.37. The van der Waals surface area contributed by atoms with E-state index in [-0.39, 0.29) is 11.3 Å². The maximum absolute atomic E-state index is 12.9. The van der Waals surface area contributed by atoms with Crippen molar-refractivity contribution in [2.75, 3.05) is 6.54 Å². The number of benzene rings is 2. The van der Waals surface area contributed by atoms with Crippen LogP contribution >= 0.6 is 0 Å². The van der Waals surface area contributed by atoms with E-state index >= 15 is 0 Å². The van der Waals surface area contributed by atoms with Gasteiger partial charge >= 0.3 is 0 Å².